The van der Waals surface area contributed by atoms with Gasteiger partial charge in [-0.1, -0.05) is 29.8 Å². The van der Waals surface area contributed by atoms with Crippen LogP contribution in [0.3, 0.4) is 0 Å². The van der Waals surface area contributed by atoms with Gasteiger partial charge in [-0.25, -0.2) is 9.78 Å². The smallest absolute Gasteiger partial charge is 0.340 e. The Bertz CT molecular complexity index is 772. The number of carbonyl (C=O) groups is 1. The average Bonchev–Trinajstić information content (AvgIpc) is 3.03. The van der Waals surface area contributed by atoms with E-state index in [9.17, 15) is 4.79 Å². The van der Waals surface area contributed by atoms with Crippen molar-refractivity contribution in [1.82, 2.24) is 15.2 Å². The monoisotopic (exact) mass is 315 g/mol. The summed E-state index contributed by atoms with van der Waals surface area (Å²) in [4.78, 5) is 15.6. The van der Waals surface area contributed by atoms with E-state index in [1.54, 1.807) is 0 Å². The van der Waals surface area contributed by atoms with Crippen molar-refractivity contribution in [3.05, 3.63) is 65.3 Å². The zero-order valence-electron chi connectivity index (χ0n) is 11.3. The van der Waals surface area contributed by atoms with Gasteiger partial charge in [0.1, 0.15) is 5.15 Å². The van der Waals surface area contributed by atoms with Crippen LogP contribution >= 0.6 is 11.6 Å². The van der Waals surface area contributed by atoms with Gasteiger partial charge in [0, 0.05) is 11.8 Å². The maximum absolute atomic E-state index is 11.8. The van der Waals surface area contributed by atoms with Crippen molar-refractivity contribution in [2.75, 3.05) is 0 Å². The molecule has 7 heteroatoms. The molecule has 0 atom stereocenters. The number of ether oxygens (including phenoxy) is 1. The Balaban J connectivity index is 1.64. The first-order valence-electron chi connectivity index (χ1n) is 6.39. The van der Waals surface area contributed by atoms with Crippen LogP contribution in [0.15, 0.2) is 53.1 Å². The summed E-state index contributed by atoms with van der Waals surface area (Å²) in [5.41, 5.74) is 1.10. The van der Waals surface area contributed by atoms with E-state index in [0.717, 1.165) is 5.56 Å². The normalized spacial score (nSPS) is 10.4. The van der Waals surface area contributed by atoms with E-state index >= 15 is 0 Å². The summed E-state index contributed by atoms with van der Waals surface area (Å²) in [7, 11) is 0. The van der Waals surface area contributed by atoms with Crippen LogP contribution in [0.2, 0.25) is 5.15 Å². The molecule has 0 saturated heterocycles. The second kappa shape index (κ2) is 6.36. The van der Waals surface area contributed by atoms with Gasteiger partial charge in [0.2, 0.25) is 5.89 Å². The van der Waals surface area contributed by atoms with E-state index in [1.807, 2.05) is 30.3 Å². The lowest BCUT2D eigenvalue weighted by Crippen LogP contribution is -2.05. The lowest BCUT2D eigenvalue weighted by atomic mass is 10.2. The van der Waals surface area contributed by atoms with Crippen LogP contribution in [0.1, 0.15) is 16.2 Å². The van der Waals surface area contributed by atoms with E-state index in [1.165, 1.54) is 18.3 Å². The molecule has 22 heavy (non-hydrogen) atoms. The maximum atomic E-state index is 11.8. The molecule has 0 aliphatic rings. The number of benzene rings is 1. The summed E-state index contributed by atoms with van der Waals surface area (Å²) in [5, 5.41) is 8.06. The Morgan fingerprint density at radius 1 is 1.14 bits per heavy atom. The summed E-state index contributed by atoms with van der Waals surface area (Å²) in [5.74, 6) is 0.0533. The van der Waals surface area contributed by atoms with Crippen molar-refractivity contribution in [3.8, 4) is 11.5 Å². The minimum atomic E-state index is -0.538. The molecular formula is C15H10ClN3O3. The number of aromatic nitrogens is 3. The highest BCUT2D eigenvalue weighted by Gasteiger charge is 2.12. The van der Waals surface area contributed by atoms with Crippen molar-refractivity contribution in [2.24, 2.45) is 0 Å². The number of nitrogens with zero attached hydrogens (tertiary/aromatic N) is 3. The number of carbonyl (C=O) groups excluding carboxylic acids is 1. The van der Waals surface area contributed by atoms with Crippen molar-refractivity contribution < 1.29 is 13.9 Å². The molecule has 1 aromatic carbocycles. The third-order valence-electron chi connectivity index (χ3n) is 2.78. The second-order valence-corrected chi connectivity index (χ2v) is 4.70. The number of hydrogen-bond acceptors (Lipinski definition) is 6. The van der Waals surface area contributed by atoms with Crippen LogP contribution in [0.5, 0.6) is 0 Å². The molecule has 3 aromatic rings. The van der Waals surface area contributed by atoms with E-state index in [2.05, 4.69) is 15.2 Å². The van der Waals surface area contributed by atoms with Crippen LogP contribution < -0.4 is 0 Å². The Morgan fingerprint density at radius 2 is 1.95 bits per heavy atom. The molecule has 3 rings (SSSR count). The van der Waals surface area contributed by atoms with Gasteiger partial charge in [-0.15, -0.1) is 10.2 Å². The van der Waals surface area contributed by atoms with Gasteiger partial charge in [-0.2, -0.15) is 0 Å². The van der Waals surface area contributed by atoms with Crippen molar-refractivity contribution in [2.45, 2.75) is 6.61 Å². The standard InChI is InChI=1S/C15H10ClN3O3/c16-12-7-6-11(8-17-12)15(20)21-9-13-18-19-14(22-13)10-4-2-1-3-5-10/h1-8H,9H2. The molecule has 0 unspecified atom stereocenters. The molecule has 0 amide bonds. The van der Waals surface area contributed by atoms with Crippen LogP contribution in [-0.2, 0) is 11.3 Å². The first-order valence-corrected chi connectivity index (χ1v) is 6.76. The molecule has 0 fully saturated rings. The molecule has 0 aliphatic heterocycles. The van der Waals surface area contributed by atoms with Gasteiger partial charge < -0.3 is 9.15 Å². The molecule has 0 bridgehead atoms. The summed E-state index contributed by atoms with van der Waals surface area (Å²) >= 11 is 5.65. The van der Waals surface area contributed by atoms with Gasteiger partial charge in [0.25, 0.3) is 5.89 Å². The largest absolute Gasteiger partial charge is 0.452 e. The van der Waals surface area contributed by atoms with Crippen molar-refractivity contribution in [1.29, 1.82) is 0 Å². The molecule has 0 N–H and O–H groups in total. The fourth-order valence-electron chi connectivity index (χ4n) is 1.72. The molecule has 0 spiro atoms. The van der Waals surface area contributed by atoms with Gasteiger partial charge in [0.15, 0.2) is 6.61 Å². The van der Waals surface area contributed by atoms with E-state index in [-0.39, 0.29) is 12.5 Å². The Hall–Kier alpha value is -2.73. The molecule has 110 valence electrons. The van der Waals surface area contributed by atoms with Gasteiger partial charge >= 0.3 is 5.97 Å². The SMILES string of the molecule is O=C(OCc1nnc(-c2ccccc2)o1)c1ccc(Cl)nc1. The lowest BCUT2D eigenvalue weighted by Gasteiger charge is -2.01. The van der Waals surface area contributed by atoms with Crippen LogP contribution in [-0.4, -0.2) is 21.2 Å². The van der Waals surface area contributed by atoms with Crippen molar-refractivity contribution >= 4 is 17.6 Å². The number of rotatable bonds is 4. The van der Waals surface area contributed by atoms with E-state index in [0.29, 0.717) is 16.6 Å². The predicted octanol–water partition coefficient (Wildman–Crippen LogP) is 3.14. The maximum Gasteiger partial charge on any atom is 0.340 e. The molecule has 0 saturated carbocycles. The fraction of sp³-hybridized carbons (Fsp3) is 0.0667. The molecule has 2 aromatic heterocycles. The van der Waals surface area contributed by atoms with Gasteiger partial charge in [-0.05, 0) is 24.3 Å². The zero-order valence-corrected chi connectivity index (χ0v) is 12.0. The Kier molecular flexibility index (Phi) is 4.11. The molecule has 0 aliphatic carbocycles. The highest BCUT2D eigenvalue weighted by molar-refractivity contribution is 6.29. The average molecular weight is 316 g/mol. The van der Waals surface area contributed by atoms with Gasteiger partial charge in [-0.3, -0.25) is 0 Å². The first-order chi connectivity index (χ1) is 10.7. The summed E-state index contributed by atoms with van der Waals surface area (Å²) < 4.78 is 10.5. The molecule has 6 nitrogen and oxygen atoms in total. The van der Waals surface area contributed by atoms with E-state index < -0.39 is 5.97 Å². The molecule has 2 heterocycles. The number of pyridine rings is 1. The quantitative estimate of drug-likeness (QED) is 0.543. The first kappa shape index (κ1) is 14.2. The van der Waals surface area contributed by atoms with Crippen molar-refractivity contribution in [3.63, 3.8) is 0 Å². The molecule has 0 radical (unpaired) electrons. The number of hydrogen-bond donors (Lipinski definition) is 0. The number of halogens is 1. The Morgan fingerprint density at radius 3 is 2.68 bits per heavy atom. The predicted molar refractivity (Wildman–Crippen MR) is 78.1 cm³/mol. The Labute approximate surface area is 130 Å². The topological polar surface area (TPSA) is 78.1 Å². The van der Waals surface area contributed by atoms with E-state index in [4.69, 9.17) is 20.8 Å². The van der Waals surface area contributed by atoms with Crippen LogP contribution in [0.4, 0.5) is 0 Å². The number of esters is 1. The zero-order chi connectivity index (χ0) is 15.4. The minimum Gasteiger partial charge on any atom is -0.452 e. The highest BCUT2D eigenvalue weighted by atomic mass is 35.5. The minimum absolute atomic E-state index is 0.110. The summed E-state index contributed by atoms with van der Waals surface area (Å²) in [6.07, 6.45) is 1.34. The summed E-state index contributed by atoms with van der Waals surface area (Å²) in [6, 6.07) is 12.4. The van der Waals surface area contributed by atoms with Crippen LogP contribution in [0.25, 0.3) is 11.5 Å². The molecular weight excluding hydrogens is 306 g/mol. The van der Waals surface area contributed by atoms with Gasteiger partial charge in [0.05, 0.1) is 5.56 Å². The third-order valence-corrected chi connectivity index (χ3v) is 3.00. The van der Waals surface area contributed by atoms with Crippen LogP contribution in [0, 0.1) is 0 Å². The second-order valence-electron chi connectivity index (χ2n) is 4.31. The third kappa shape index (κ3) is 3.29. The summed E-state index contributed by atoms with van der Waals surface area (Å²) in [6.45, 7) is -0.110. The lowest BCUT2D eigenvalue weighted by molar-refractivity contribution is 0.0438. The fourth-order valence-corrected chi connectivity index (χ4v) is 1.83. The highest BCUT2D eigenvalue weighted by Crippen LogP contribution is 2.17.